The van der Waals surface area contributed by atoms with Crippen molar-refractivity contribution in [1.29, 1.82) is 0 Å². The van der Waals surface area contributed by atoms with Gasteiger partial charge in [-0.15, -0.1) is 0 Å². The van der Waals surface area contributed by atoms with Gasteiger partial charge in [0.15, 0.2) is 0 Å². The molecule has 4 rings (SSSR count). The molecule has 4 aliphatic rings. The van der Waals surface area contributed by atoms with Crippen LogP contribution in [0.4, 0.5) is 4.79 Å². The first-order valence-corrected chi connectivity index (χ1v) is 9.34. The average Bonchev–Trinajstić information content (AvgIpc) is 2.90. The highest BCUT2D eigenvalue weighted by Crippen LogP contribution is 2.61. The minimum absolute atomic E-state index is 0.00319. The van der Waals surface area contributed by atoms with Crippen LogP contribution in [-0.2, 0) is 9.47 Å². The maximum absolute atomic E-state index is 11.6. The summed E-state index contributed by atoms with van der Waals surface area (Å²) in [5.74, 6) is 2.53. The van der Waals surface area contributed by atoms with Crippen molar-refractivity contribution in [3.8, 4) is 0 Å². The van der Waals surface area contributed by atoms with Crippen molar-refractivity contribution in [1.82, 2.24) is 0 Å². The van der Waals surface area contributed by atoms with Gasteiger partial charge in [0.25, 0.3) is 0 Å². The maximum atomic E-state index is 11.6. The second-order valence-electron chi connectivity index (χ2n) is 8.30. The molecular weight excluding hydrogens is 304 g/mol. The summed E-state index contributed by atoms with van der Waals surface area (Å²) in [6.45, 7) is 2.32. The fourth-order valence-corrected chi connectivity index (χ4v) is 6.23. The van der Waals surface area contributed by atoms with E-state index in [-0.39, 0.29) is 11.5 Å². The fourth-order valence-electron chi connectivity index (χ4n) is 6.23. The molecule has 24 heavy (non-hydrogen) atoms. The van der Waals surface area contributed by atoms with Crippen LogP contribution in [0.15, 0.2) is 23.8 Å². The van der Waals surface area contributed by atoms with Crippen LogP contribution in [0.2, 0.25) is 0 Å². The van der Waals surface area contributed by atoms with E-state index >= 15 is 0 Å². The number of fused-ring (bicyclic) bond motifs is 5. The molecule has 3 fully saturated rings. The Morgan fingerprint density at radius 1 is 1.21 bits per heavy atom. The first-order chi connectivity index (χ1) is 11.5. The molecule has 0 bridgehead atoms. The summed E-state index contributed by atoms with van der Waals surface area (Å²) in [6.07, 6.45) is 12.0. The van der Waals surface area contributed by atoms with Crippen molar-refractivity contribution in [2.75, 3.05) is 7.11 Å². The van der Waals surface area contributed by atoms with Gasteiger partial charge in [-0.25, -0.2) is 4.79 Å². The molecule has 0 aliphatic heterocycles. The summed E-state index contributed by atoms with van der Waals surface area (Å²) < 4.78 is 10.3. The van der Waals surface area contributed by atoms with E-state index in [4.69, 9.17) is 9.47 Å². The van der Waals surface area contributed by atoms with Crippen LogP contribution in [0.25, 0.3) is 0 Å². The monoisotopic (exact) mass is 332 g/mol. The third-order valence-electron chi connectivity index (χ3n) is 7.37. The van der Waals surface area contributed by atoms with Gasteiger partial charge >= 0.3 is 6.16 Å². The number of hydrogen-bond donors (Lipinski definition) is 1. The molecule has 4 heteroatoms. The third-order valence-corrected chi connectivity index (χ3v) is 7.37. The van der Waals surface area contributed by atoms with Crippen LogP contribution < -0.4 is 0 Å². The van der Waals surface area contributed by atoms with E-state index in [2.05, 4.69) is 19.1 Å². The molecule has 0 spiro atoms. The van der Waals surface area contributed by atoms with Crippen molar-refractivity contribution in [2.45, 2.75) is 57.7 Å². The van der Waals surface area contributed by atoms with Crippen LogP contribution in [0.1, 0.15) is 45.4 Å². The van der Waals surface area contributed by atoms with Gasteiger partial charge in [-0.05, 0) is 56.3 Å². The predicted molar refractivity (Wildman–Crippen MR) is 90.3 cm³/mol. The second-order valence-corrected chi connectivity index (χ2v) is 8.30. The zero-order valence-electron chi connectivity index (χ0n) is 14.6. The second kappa shape index (κ2) is 5.91. The minimum atomic E-state index is -0.540. The molecule has 0 aromatic heterocycles. The molecule has 0 saturated heterocycles. The first-order valence-electron chi connectivity index (χ1n) is 9.34. The standard InChI is InChI=1S/C20H28O4/c1-20-10-9-15-14-6-4-13(21)11-12(14)3-5-16(15)17(20)7-8-18(20)24-19(22)23-2/h4,6,11,13-18,21H,3,5,7-10H2,1-2H3/t13-,14+,15-,16-,17+,18+,20+/m1/s1. The number of carbonyl (C=O) groups is 1. The summed E-state index contributed by atoms with van der Waals surface area (Å²) in [5.41, 5.74) is 1.53. The fraction of sp³-hybridized carbons (Fsp3) is 0.750. The number of methoxy groups -OCH3 is 1. The molecule has 7 atom stereocenters. The number of hydrogen-bond acceptors (Lipinski definition) is 4. The van der Waals surface area contributed by atoms with E-state index in [1.807, 2.05) is 6.08 Å². The number of rotatable bonds is 1. The zero-order valence-corrected chi connectivity index (χ0v) is 14.6. The molecule has 0 unspecified atom stereocenters. The van der Waals surface area contributed by atoms with E-state index in [1.54, 1.807) is 0 Å². The Kier molecular flexibility index (Phi) is 3.98. The highest BCUT2D eigenvalue weighted by atomic mass is 16.7. The Morgan fingerprint density at radius 2 is 2.04 bits per heavy atom. The van der Waals surface area contributed by atoms with Crippen LogP contribution in [0, 0.1) is 29.1 Å². The Balaban J connectivity index is 1.55. The number of carbonyl (C=O) groups excluding carboxylic acids is 1. The lowest BCUT2D eigenvalue weighted by molar-refractivity contribution is -0.0660. The molecule has 4 aliphatic carbocycles. The lowest BCUT2D eigenvalue weighted by Crippen LogP contribution is -2.48. The van der Waals surface area contributed by atoms with Crippen molar-refractivity contribution < 1.29 is 19.4 Å². The molecule has 1 N–H and O–H groups in total. The van der Waals surface area contributed by atoms with Gasteiger partial charge in [-0.3, -0.25) is 0 Å². The number of aliphatic hydroxyl groups is 1. The van der Waals surface area contributed by atoms with E-state index < -0.39 is 12.3 Å². The molecule has 4 nitrogen and oxygen atoms in total. The summed E-state index contributed by atoms with van der Waals surface area (Å²) in [5, 5.41) is 9.85. The molecule has 0 heterocycles. The van der Waals surface area contributed by atoms with Crippen molar-refractivity contribution in [2.24, 2.45) is 29.1 Å². The van der Waals surface area contributed by atoms with Crippen LogP contribution >= 0.6 is 0 Å². The third kappa shape index (κ3) is 2.42. The lowest BCUT2D eigenvalue weighted by Gasteiger charge is -2.52. The minimum Gasteiger partial charge on any atom is -0.438 e. The molecule has 132 valence electrons. The van der Waals surface area contributed by atoms with Crippen molar-refractivity contribution in [3.05, 3.63) is 23.8 Å². The largest absolute Gasteiger partial charge is 0.508 e. The molecule has 3 saturated carbocycles. The summed E-state index contributed by atoms with van der Waals surface area (Å²) in [4.78, 5) is 11.6. The molecule has 0 amide bonds. The normalized spacial score (nSPS) is 46.4. The van der Waals surface area contributed by atoms with E-state index in [1.165, 1.54) is 25.5 Å². The van der Waals surface area contributed by atoms with Crippen LogP contribution in [0.3, 0.4) is 0 Å². The Hall–Kier alpha value is -1.29. The van der Waals surface area contributed by atoms with Gasteiger partial charge in [-0.2, -0.15) is 0 Å². The van der Waals surface area contributed by atoms with E-state index in [9.17, 15) is 9.90 Å². The predicted octanol–water partition coefficient (Wildman–Crippen LogP) is 3.85. The average molecular weight is 332 g/mol. The van der Waals surface area contributed by atoms with E-state index in [0.29, 0.717) is 23.7 Å². The number of aliphatic hydroxyl groups excluding tert-OH is 1. The summed E-state index contributed by atoms with van der Waals surface area (Å²) in [7, 11) is 1.38. The quantitative estimate of drug-likeness (QED) is 0.585. The smallest absolute Gasteiger partial charge is 0.438 e. The van der Waals surface area contributed by atoms with Gasteiger partial charge in [0.05, 0.1) is 13.2 Å². The topological polar surface area (TPSA) is 55.8 Å². The molecular formula is C20H28O4. The zero-order chi connectivity index (χ0) is 16.9. The van der Waals surface area contributed by atoms with Crippen LogP contribution in [0.5, 0.6) is 0 Å². The molecule has 0 aromatic carbocycles. The van der Waals surface area contributed by atoms with Crippen LogP contribution in [-0.4, -0.2) is 30.6 Å². The Bertz CT molecular complexity index is 580. The Morgan fingerprint density at radius 3 is 2.83 bits per heavy atom. The highest BCUT2D eigenvalue weighted by Gasteiger charge is 2.57. The van der Waals surface area contributed by atoms with Crippen molar-refractivity contribution in [3.63, 3.8) is 0 Å². The Labute approximate surface area is 143 Å². The SMILES string of the molecule is COC(=O)O[C@H]1CC[C@H]2[C@@H]3CCC4=C[C@H](O)C=C[C@@H]4[C@H]3CC[C@]12C. The first kappa shape index (κ1) is 16.2. The molecule has 0 aromatic rings. The summed E-state index contributed by atoms with van der Waals surface area (Å²) in [6, 6.07) is 0. The highest BCUT2D eigenvalue weighted by molar-refractivity contribution is 5.60. The van der Waals surface area contributed by atoms with Gasteiger partial charge < -0.3 is 14.6 Å². The molecule has 0 radical (unpaired) electrons. The van der Waals surface area contributed by atoms with Gasteiger partial charge in [0.1, 0.15) is 6.10 Å². The van der Waals surface area contributed by atoms with Gasteiger partial charge in [-0.1, -0.05) is 30.7 Å². The summed E-state index contributed by atoms with van der Waals surface area (Å²) >= 11 is 0. The van der Waals surface area contributed by atoms with E-state index in [0.717, 1.165) is 25.7 Å². The number of ether oxygens (including phenoxy) is 2. The van der Waals surface area contributed by atoms with Crippen molar-refractivity contribution >= 4 is 6.16 Å². The lowest BCUT2D eigenvalue weighted by atomic mass is 9.53. The van der Waals surface area contributed by atoms with Gasteiger partial charge in [0, 0.05) is 11.3 Å². The maximum Gasteiger partial charge on any atom is 0.508 e. The van der Waals surface area contributed by atoms with Gasteiger partial charge in [0.2, 0.25) is 0 Å². The number of allylic oxidation sites excluding steroid dienone is 2.